The molecule has 132 valence electrons. The average Bonchev–Trinajstić information content (AvgIpc) is 2.71. The lowest BCUT2D eigenvalue weighted by molar-refractivity contribution is 0.0945. The fourth-order valence-corrected chi connectivity index (χ4v) is 4.41. The number of nitrogens with zero attached hydrogens (tertiary/aromatic N) is 1. The van der Waals surface area contributed by atoms with E-state index in [9.17, 15) is 17.6 Å². The van der Waals surface area contributed by atoms with Gasteiger partial charge in [0.15, 0.2) is 0 Å². The van der Waals surface area contributed by atoms with Crippen molar-refractivity contribution >= 4 is 21.6 Å². The van der Waals surface area contributed by atoms with Crippen molar-refractivity contribution in [3.8, 4) is 0 Å². The van der Waals surface area contributed by atoms with Crippen molar-refractivity contribution < 1.29 is 17.6 Å². The minimum absolute atomic E-state index is 0.0278. The molecule has 3 rings (SSSR count). The van der Waals surface area contributed by atoms with Crippen LogP contribution in [-0.2, 0) is 16.4 Å². The highest BCUT2D eigenvalue weighted by Gasteiger charge is 2.33. The molecule has 25 heavy (non-hydrogen) atoms. The van der Waals surface area contributed by atoms with Gasteiger partial charge >= 0.3 is 0 Å². The van der Waals surface area contributed by atoms with Crippen LogP contribution in [0.4, 0.5) is 10.1 Å². The van der Waals surface area contributed by atoms with Crippen molar-refractivity contribution in [2.45, 2.75) is 31.2 Å². The molecule has 0 bridgehead atoms. The second kappa shape index (κ2) is 6.48. The molecule has 5 nitrogen and oxygen atoms in total. The van der Waals surface area contributed by atoms with Gasteiger partial charge in [0.05, 0.1) is 22.7 Å². The molecule has 1 N–H and O–H groups in total. The summed E-state index contributed by atoms with van der Waals surface area (Å²) in [5.41, 5.74) is 1.22. The van der Waals surface area contributed by atoms with Crippen LogP contribution < -0.4 is 9.62 Å². The molecule has 0 saturated heterocycles. The average molecular weight is 362 g/mol. The number of sulfonamides is 1. The molecule has 7 heteroatoms. The molecule has 0 aliphatic carbocycles. The van der Waals surface area contributed by atoms with Crippen molar-refractivity contribution in [1.29, 1.82) is 0 Å². The first-order valence-corrected chi connectivity index (χ1v) is 9.49. The molecule has 0 aromatic heterocycles. The molecule has 1 atom stereocenters. The monoisotopic (exact) mass is 362 g/mol. The van der Waals surface area contributed by atoms with Crippen LogP contribution in [0.15, 0.2) is 47.4 Å². The van der Waals surface area contributed by atoms with Gasteiger partial charge in [-0.05, 0) is 49.2 Å². The number of aryl methyl sites for hydroxylation is 1. The highest BCUT2D eigenvalue weighted by molar-refractivity contribution is 7.92. The van der Waals surface area contributed by atoms with Gasteiger partial charge in [0.2, 0.25) is 0 Å². The number of rotatable bonds is 3. The lowest BCUT2D eigenvalue weighted by Crippen LogP contribution is -2.41. The van der Waals surface area contributed by atoms with Gasteiger partial charge in [-0.25, -0.2) is 12.8 Å². The first kappa shape index (κ1) is 17.4. The van der Waals surface area contributed by atoms with E-state index in [1.807, 2.05) is 6.92 Å². The van der Waals surface area contributed by atoms with E-state index in [0.29, 0.717) is 0 Å². The fourth-order valence-electron chi connectivity index (χ4n) is 2.85. The number of benzene rings is 2. The molecular formula is C18H19FN2O3S. The molecule has 0 radical (unpaired) electrons. The second-order valence-corrected chi connectivity index (χ2v) is 7.93. The van der Waals surface area contributed by atoms with Crippen LogP contribution in [0.25, 0.3) is 0 Å². The summed E-state index contributed by atoms with van der Waals surface area (Å²) in [6, 6.07) is 9.72. The van der Waals surface area contributed by atoms with E-state index < -0.39 is 27.8 Å². The van der Waals surface area contributed by atoms with Crippen molar-refractivity contribution in [3.05, 3.63) is 59.4 Å². The third-order valence-electron chi connectivity index (χ3n) is 4.21. The summed E-state index contributed by atoms with van der Waals surface area (Å²) < 4.78 is 41.1. The van der Waals surface area contributed by atoms with Gasteiger partial charge in [-0.3, -0.25) is 9.10 Å². The van der Waals surface area contributed by atoms with Gasteiger partial charge in [0.1, 0.15) is 5.82 Å². The van der Waals surface area contributed by atoms with Gasteiger partial charge in [-0.2, -0.15) is 0 Å². The van der Waals surface area contributed by atoms with Crippen LogP contribution in [0.5, 0.6) is 0 Å². The molecule has 2 aromatic carbocycles. The van der Waals surface area contributed by atoms with Crippen molar-refractivity contribution in [1.82, 2.24) is 5.32 Å². The quantitative estimate of drug-likeness (QED) is 0.913. The zero-order chi connectivity index (χ0) is 18.2. The summed E-state index contributed by atoms with van der Waals surface area (Å²) in [5.74, 6) is -1.01. The molecule has 0 fully saturated rings. The first-order chi connectivity index (χ1) is 11.8. The molecular weight excluding hydrogens is 343 g/mol. The molecule has 0 unspecified atom stereocenters. The SMILES string of the molecule is CCc1ccc(S(=O)(=O)N2C[C@H](C)NC(=O)c3ccc(F)cc32)cc1. The standard InChI is InChI=1S/C18H19FN2O3S/c1-3-13-4-7-15(8-5-13)25(23,24)21-11-12(2)20-18(22)16-9-6-14(19)10-17(16)21/h4-10,12H,3,11H2,1-2H3,(H,20,22)/t12-/m0/s1. The number of halogens is 1. The fraction of sp³-hybridized carbons (Fsp3) is 0.278. The van der Waals surface area contributed by atoms with Crippen molar-refractivity contribution in [2.24, 2.45) is 0 Å². The van der Waals surface area contributed by atoms with Gasteiger partial charge in [-0.1, -0.05) is 19.1 Å². The summed E-state index contributed by atoms with van der Waals surface area (Å²) >= 11 is 0. The number of amides is 1. The Morgan fingerprint density at radius 1 is 1.20 bits per heavy atom. The van der Waals surface area contributed by atoms with Crippen LogP contribution in [-0.4, -0.2) is 26.9 Å². The summed E-state index contributed by atoms with van der Waals surface area (Å²) in [4.78, 5) is 12.4. The molecule has 1 heterocycles. The topological polar surface area (TPSA) is 66.5 Å². The lowest BCUT2D eigenvalue weighted by Gasteiger charge is -2.25. The largest absolute Gasteiger partial charge is 0.348 e. The second-order valence-electron chi connectivity index (χ2n) is 6.07. The Hall–Kier alpha value is -2.41. The lowest BCUT2D eigenvalue weighted by atomic mass is 10.1. The predicted molar refractivity (Wildman–Crippen MR) is 93.7 cm³/mol. The number of carbonyl (C=O) groups is 1. The zero-order valence-electron chi connectivity index (χ0n) is 14.0. The summed E-state index contributed by atoms with van der Waals surface area (Å²) in [6.45, 7) is 3.72. The van der Waals surface area contributed by atoms with Crippen molar-refractivity contribution in [3.63, 3.8) is 0 Å². The molecule has 1 aliphatic heterocycles. The Morgan fingerprint density at radius 2 is 1.88 bits per heavy atom. The third-order valence-corrected chi connectivity index (χ3v) is 6.00. The highest BCUT2D eigenvalue weighted by atomic mass is 32.2. The van der Waals surface area contributed by atoms with E-state index in [0.717, 1.165) is 28.4 Å². The van der Waals surface area contributed by atoms with E-state index in [2.05, 4.69) is 5.32 Å². The van der Waals surface area contributed by atoms with E-state index >= 15 is 0 Å². The van der Waals surface area contributed by atoms with Gasteiger partial charge in [0.25, 0.3) is 15.9 Å². The summed E-state index contributed by atoms with van der Waals surface area (Å²) in [6.07, 6.45) is 0.799. The van der Waals surface area contributed by atoms with Crippen LogP contribution in [0.3, 0.4) is 0 Å². The number of nitrogens with one attached hydrogen (secondary N) is 1. The van der Waals surface area contributed by atoms with E-state index in [1.165, 1.54) is 18.2 Å². The molecule has 1 amide bonds. The molecule has 2 aromatic rings. The first-order valence-electron chi connectivity index (χ1n) is 8.05. The Bertz CT molecular complexity index is 910. The molecule has 1 aliphatic rings. The van der Waals surface area contributed by atoms with Gasteiger partial charge in [0, 0.05) is 6.04 Å². The van der Waals surface area contributed by atoms with Crippen LogP contribution >= 0.6 is 0 Å². The summed E-state index contributed by atoms with van der Waals surface area (Å²) in [7, 11) is -3.92. The zero-order valence-corrected chi connectivity index (χ0v) is 14.8. The van der Waals surface area contributed by atoms with Crippen LogP contribution in [0.1, 0.15) is 29.8 Å². The number of hydrogen-bond acceptors (Lipinski definition) is 3. The Morgan fingerprint density at radius 3 is 2.52 bits per heavy atom. The minimum Gasteiger partial charge on any atom is -0.348 e. The van der Waals surface area contributed by atoms with Crippen LogP contribution in [0.2, 0.25) is 0 Å². The minimum atomic E-state index is -3.92. The van der Waals surface area contributed by atoms with Gasteiger partial charge < -0.3 is 5.32 Å². The summed E-state index contributed by atoms with van der Waals surface area (Å²) in [5, 5.41) is 2.72. The Kier molecular flexibility index (Phi) is 4.51. The molecule has 0 saturated carbocycles. The van der Waals surface area contributed by atoms with E-state index in [4.69, 9.17) is 0 Å². The maximum absolute atomic E-state index is 13.8. The molecule has 0 spiro atoms. The highest BCUT2D eigenvalue weighted by Crippen LogP contribution is 2.30. The third kappa shape index (κ3) is 3.24. The van der Waals surface area contributed by atoms with E-state index in [-0.39, 0.29) is 22.7 Å². The van der Waals surface area contributed by atoms with Crippen molar-refractivity contribution in [2.75, 3.05) is 10.8 Å². The maximum Gasteiger partial charge on any atom is 0.264 e. The Balaban J connectivity index is 2.14. The number of carbonyl (C=O) groups excluding carboxylic acids is 1. The number of fused-ring (bicyclic) bond motifs is 1. The maximum atomic E-state index is 13.8. The van der Waals surface area contributed by atoms with Gasteiger partial charge in [-0.15, -0.1) is 0 Å². The Labute approximate surface area is 146 Å². The normalized spacial score (nSPS) is 17.6. The predicted octanol–water partition coefficient (Wildman–Crippen LogP) is 2.72. The van der Waals surface area contributed by atoms with E-state index in [1.54, 1.807) is 19.1 Å². The number of anilines is 1. The smallest absolute Gasteiger partial charge is 0.264 e. The van der Waals surface area contributed by atoms with Crippen LogP contribution in [0, 0.1) is 5.82 Å². The number of hydrogen-bond donors (Lipinski definition) is 1.